The number of hydrogen-bond acceptors (Lipinski definition) is 7. The lowest BCUT2D eigenvalue weighted by Crippen LogP contribution is -2.68. The monoisotopic (exact) mass is 495 g/mol. The van der Waals surface area contributed by atoms with E-state index in [2.05, 4.69) is 35.5 Å². The largest absolute Gasteiger partial charge is 0.574 e. The Morgan fingerprint density at radius 3 is 2.77 bits per heavy atom. The molecule has 186 valence electrons. The van der Waals surface area contributed by atoms with Crippen LogP contribution < -0.4 is 15.4 Å². The molecule has 0 aliphatic heterocycles. The molecule has 2 bridgehead atoms. The van der Waals surface area contributed by atoms with Crippen LogP contribution in [0.2, 0.25) is 0 Å². The van der Waals surface area contributed by atoms with E-state index in [4.69, 9.17) is 4.74 Å². The number of nitrogens with zero attached hydrogens (tertiary/aromatic N) is 4. The molecule has 4 fully saturated rings. The van der Waals surface area contributed by atoms with Crippen molar-refractivity contribution in [3.8, 4) is 5.88 Å². The van der Waals surface area contributed by atoms with Gasteiger partial charge in [-0.2, -0.15) is 10.1 Å². The van der Waals surface area contributed by atoms with Crippen LogP contribution in [-0.2, 0) is 4.74 Å². The first kappa shape index (κ1) is 21.9. The molecule has 7 rings (SSSR count). The van der Waals surface area contributed by atoms with Crippen molar-refractivity contribution in [2.45, 2.75) is 62.2 Å². The van der Waals surface area contributed by atoms with Crippen LogP contribution in [0.3, 0.4) is 0 Å². The molecule has 14 heteroatoms. The average Bonchev–Trinajstić information content (AvgIpc) is 3.42. The molecule has 3 atom stereocenters. The predicted octanol–water partition coefficient (Wildman–Crippen LogP) is 3.96. The number of imidazole rings is 1. The first-order valence-electron chi connectivity index (χ1n) is 11.2. The molecule has 10 nitrogen and oxygen atoms in total. The number of amides is 1. The fraction of sp³-hybridized carbons (Fsp3) is 0.524. The van der Waals surface area contributed by atoms with E-state index in [1.165, 1.54) is 16.7 Å². The molecule has 0 aromatic carbocycles. The lowest BCUT2D eigenvalue weighted by atomic mass is 9.50. The lowest BCUT2D eigenvalue weighted by Gasteiger charge is -2.61. The van der Waals surface area contributed by atoms with E-state index in [-0.39, 0.29) is 23.0 Å². The van der Waals surface area contributed by atoms with E-state index in [9.17, 15) is 18.0 Å². The van der Waals surface area contributed by atoms with Crippen molar-refractivity contribution < 1.29 is 31.8 Å². The number of carbonyl (C=O) groups excluding carboxylic acids is 1. The van der Waals surface area contributed by atoms with Crippen molar-refractivity contribution >= 4 is 23.5 Å². The molecule has 4 saturated carbocycles. The van der Waals surface area contributed by atoms with Crippen LogP contribution in [0.25, 0.3) is 5.65 Å². The average molecular weight is 495 g/mol. The van der Waals surface area contributed by atoms with Crippen LogP contribution in [0, 0.1) is 5.92 Å². The van der Waals surface area contributed by atoms with E-state index in [0.29, 0.717) is 24.5 Å². The molecule has 3 heterocycles. The summed E-state index contributed by atoms with van der Waals surface area (Å²) < 4.78 is 63.2. The number of carbonyl (C=O) groups is 1. The van der Waals surface area contributed by atoms with Crippen molar-refractivity contribution in [3.05, 3.63) is 30.2 Å². The number of rotatable bonds is 6. The second kappa shape index (κ2) is 7.71. The summed E-state index contributed by atoms with van der Waals surface area (Å²) in [5, 5.41) is 12.7. The smallest absolute Gasteiger partial charge is 0.443 e. The standard InChI is InChI=1S/C21H21F4N7O3/c22-17-11(1-2-13(17)34-19(33)29-20-6-10(7-20)8-20)12-5-14(31-30-12)27-18-26-4-3-15-28-16(9-32(15)18)35-21(23,24)25/h3-5,9-11,13,17H,1-2,6-8H2,(H,29,33)(H2,26,27,30,31)/t10?,11-,13-,17-,20?/m0/s1. The zero-order valence-corrected chi connectivity index (χ0v) is 18.2. The molecule has 4 aliphatic carbocycles. The summed E-state index contributed by atoms with van der Waals surface area (Å²) in [6.07, 6.45) is -1.54. The number of fused-ring (bicyclic) bond motifs is 1. The highest BCUT2D eigenvalue weighted by molar-refractivity contribution is 5.69. The molecular formula is C21H21F4N7O3. The Labute approximate surface area is 195 Å². The summed E-state index contributed by atoms with van der Waals surface area (Å²) >= 11 is 0. The zero-order valence-electron chi connectivity index (χ0n) is 18.2. The second-order valence-electron chi connectivity index (χ2n) is 9.41. The molecule has 0 unspecified atom stereocenters. The summed E-state index contributed by atoms with van der Waals surface area (Å²) in [5.41, 5.74) is 0.542. The molecule has 0 spiro atoms. The van der Waals surface area contributed by atoms with Crippen molar-refractivity contribution in [1.82, 2.24) is 29.9 Å². The quantitative estimate of drug-likeness (QED) is 0.443. The van der Waals surface area contributed by atoms with Gasteiger partial charge in [-0.05, 0) is 44.1 Å². The number of halogens is 4. The van der Waals surface area contributed by atoms with Gasteiger partial charge in [-0.25, -0.2) is 14.2 Å². The first-order valence-corrected chi connectivity index (χ1v) is 11.2. The van der Waals surface area contributed by atoms with Gasteiger partial charge in [0, 0.05) is 29.4 Å². The van der Waals surface area contributed by atoms with Crippen molar-refractivity contribution in [2.75, 3.05) is 5.32 Å². The highest BCUT2D eigenvalue weighted by Gasteiger charge is 2.58. The van der Waals surface area contributed by atoms with Gasteiger partial charge in [0.1, 0.15) is 17.9 Å². The highest BCUT2D eigenvalue weighted by Crippen LogP contribution is 2.57. The third-order valence-electron chi connectivity index (χ3n) is 6.98. The number of aromatic nitrogens is 5. The molecule has 35 heavy (non-hydrogen) atoms. The number of aromatic amines is 1. The summed E-state index contributed by atoms with van der Waals surface area (Å²) in [4.78, 5) is 20.1. The molecule has 3 N–H and O–H groups in total. The SMILES string of the molecule is O=C(NC12CC(C1)C2)O[C@H]1CC[C@@H](c2cc(Nc3nccc4nc(OC(F)(F)F)cn34)n[nH]2)[C@@H]1F. The molecule has 3 aromatic heterocycles. The number of alkyl halides is 4. The lowest BCUT2D eigenvalue weighted by molar-refractivity contribution is -0.276. The van der Waals surface area contributed by atoms with E-state index in [1.54, 1.807) is 6.07 Å². The number of H-pyrrole nitrogens is 1. The Bertz CT molecular complexity index is 1260. The van der Waals surface area contributed by atoms with Crippen LogP contribution in [0.4, 0.5) is 34.1 Å². The normalized spacial score (nSPS) is 29.4. The molecule has 0 radical (unpaired) electrons. The number of hydrogen-bond donors (Lipinski definition) is 3. The van der Waals surface area contributed by atoms with E-state index in [1.807, 2.05) is 0 Å². The molecule has 0 saturated heterocycles. The van der Waals surface area contributed by atoms with E-state index in [0.717, 1.165) is 25.5 Å². The van der Waals surface area contributed by atoms with Gasteiger partial charge >= 0.3 is 12.5 Å². The van der Waals surface area contributed by atoms with E-state index >= 15 is 4.39 Å². The number of nitrogens with one attached hydrogen (secondary N) is 3. The van der Waals surface area contributed by atoms with Gasteiger partial charge in [-0.3, -0.25) is 9.50 Å². The van der Waals surface area contributed by atoms with Gasteiger partial charge in [-0.15, -0.1) is 13.2 Å². The Morgan fingerprint density at radius 2 is 2.06 bits per heavy atom. The Hall–Kier alpha value is -3.58. The fourth-order valence-corrected chi connectivity index (χ4v) is 5.25. The maximum atomic E-state index is 15.1. The highest BCUT2D eigenvalue weighted by atomic mass is 19.4. The summed E-state index contributed by atoms with van der Waals surface area (Å²) in [6.45, 7) is 0. The van der Waals surface area contributed by atoms with Gasteiger partial charge in [-0.1, -0.05) is 0 Å². The zero-order chi connectivity index (χ0) is 24.4. The third-order valence-corrected chi connectivity index (χ3v) is 6.98. The number of alkyl carbamates (subject to hydrolysis) is 1. The van der Waals surface area contributed by atoms with Crippen molar-refractivity contribution in [3.63, 3.8) is 0 Å². The van der Waals surface area contributed by atoms with Crippen molar-refractivity contribution in [1.29, 1.82) is 0 Å². The Kier molecular flexibility index (Phi) is 4.83. The second-order valence-corrected chi connectivity index (χ2v) is 9.41. The minimum Gasteiger partial charge on any atom is -0.443 e. The van der Waals surface area contributed by atoms with Crippen LogP contribution >= 0.6 is 0 Å². The molecular weight excluding hydrogens is 474 g/mol. The fourth-order valence-electron chi connectivity index (χ4n) is 5.25. The van der Waals surface area contributed by atoms with Gasteiger partial charge in [0.25, 0.3) is 0 Å². The number of anilines is 2. The summed E-state index contributed by atoms with van der Waals surface area (Å²) in [5.74, 6) is -0.0552. The third kappa shape index (κ3) is 4.10. The predicted molar refractivity (Wildman–Crippen MR) is 112 cm³/mol. The first-order chi connectivity index (χ1) is 16.7. The summed E-state index contributed by atoms with van der Waals surface area (Å²) in [6, 6.07) is 3.01. The van der Waals surface area contributed by atoms with Gasteiger partial charge < -0.3 is 20.1 Å². The molecule has 3 aromatic rings. The Balaban J connectivity index is 1.11. The van der Waals surface area contributed by atoms with Crippen LogP contribution in [0.1, 0.15) is 43.7 Å². The van der Waals surface area contributed by atoms with Gasteiger partial charge in [0.15, 0.2) is 5.82 Å². The van der Waals surface area contributed by atoms with Gasteiger partial charge in [0.05, 0.1) is 6.20 Å². The molecule has 1 amide bonds. The maximum Gasteiger partial charge on any atom is 0.574 e. The topological polar surface area (TPSA) is 118 Å². The minimum atomic E-state index is -4.88. The maximum absolute atomic E-state index is 15.1. The van der Waals surface area contributed by atoms with Crippen LogP contribution in [0.15, 0.2) is 24.5 Å². The minimum absolute atomic E-state index is 0.138. The van der Waals surface area contributed by atoms with E-state index < -0.39 is 36.5 Å². The van der Waals surface area contributed by atoms with Crippen LogP contribution in [0.5, 0.6) is 5.88 Å². The Morgan fingerprint density at radius 1 is 1.26 bits per heavy atom. The van der Waals surface area contributed by atoms with Crippen molar-refractivity contribution in [2.24, 2.45) is 5.92 Å². The molecule has 4 aliphatic rings. The summed E-state index contributed by atoms with van der Waals surface area (Å²) in [7, 11) is 0. The van der Waals surface area contributed by atoms with Gasteiger partial charge in [0.2, 0.25) is 11.8 Å². The van der Waals surface area contributed by atoms with Crippen LogP contribution in [-0.4, -0.2) is 54.8 Å². The number of ether oxygens (including phenoxy) is 2.